The van der Waals surface area contributed by atoms with E-state index in [-0.39, 0.29) is 24.4 Å². The first-order valence-electron chi connectivity index (χ1n) is 13.4. The molecule has 5 rings (SSSR count). The molecule has 4 N–H and O–H groups in total. The number of nitrogens with two attached hydrogens (primary N) is 1. The number of carbonyl (C=O) groups is 3. The second-order valence-electron chi connectivity index (χ2n) is 10.7. The van der Waals surface area contributed by atoms with Gasteiger partial charge in [-0.25, -0.2) is 9.18 Å². The summed E-state index contributed by atoms with van der Waals surface area (Å²) in [7, 11) is 0. The Bertz CT molecular complexity index is 1540. The molecule has 0 bridgehead atoms. The second-order valence-corrected chi connectivity index (χ2v) is 11.1. The average Bonchev–Trinajstić information content (AvgIpc) is 3.72. The van der Waals surface area contributed by atoms with Gasteiger partial charge >= 0.3 is 6.03 Å². The lowest BCUT2D eigenvalue weighted by Crippen LogP contribution is -2.45. The monoisotopic (exact) mass is 573 g/mol. The van der Waals surface area contributed by atoms with Crippen molar-refractivity contribution in [2.45, 2.75) is 43.7 Å². The minimum atomic E-state index is -1.12. The summed E-state index contributed by atoms with van der Waals surface area (Å²) in [5.41, 5.74) is 8.07. The molecule has 3 amide bonds. The van der Waals surface area contributed by atoms with Crippen LogP contribution in [0.3, 0.4) is 0 Å². The van der Waals surface area contributed by atoms with Crippen LogP contribution in [-0.4, -0.2) is 35.2 Å². The number of benzene rings is 3. The molecule has 41 heavy (non-hydrogen) atoms. The summed E-state index contributed by atoms with van der Waals surface area (Å²) in [5, 5.41) is 15.2. The fraction of sp³-hybridized carbons (Fsp3) is 0.290. The number of carbonyl (C=O) groups excluding carboxylic acids is 3. The summed E-state index contributed by atoms with van der Waals surface area (Å²) in [5.74, 6) is -1.07. The summed E-state index contributed by atoms with van der Waals surface area (Å²) < 4.78 is 15.0. The number of rotatable bonds is 8. The Labute approximate surface area is 242 Å². The number of nitrogens with zero attached hydrogens (tertiary/aromatic N) is 2. The fourth-order valence-corrected chi connectivity index (χ4v) is 5.27. The normalized spacial score (nSPS) is 18.0. The highest BCUT2D eigenvalue weighted by atomic mass is 35.5. The van der Waals surface area contributed by atoms with E-state index in [2.05, 4.69) is 16.7 Å². The number of Topliss-reactive ketones (excluding diaryl/α,β-unsaturated/α-hetero) is 1. The number of ketones is 1. The third-order valence-corrected chi connectivity index (χ3v) is 7.94. The number of anilines is 2. The van der Waals surface area contributed by atoms with E-state index in [9.17, 15) is 19.6 Å². The van der Waals surface area contributed by atoms with Crippen LogP contribution in [0.25, 0.3) is 0 Å². The molecule has 1 aliphatic heterocycles. The van der Waals surface area contributed by atoms with E-state index in [4.69, 9.17) is 17.3 Å². The number of hydrogen-bond donors (Lipinski definition) is 3. The Balaban J connectivity index is 1.39. The van der Waals surface area contributed by atoms with Crippen molar-refractivity contribution in [1.82, 2.24) is 4.90 Å². The number of nitriles is 1. The molecule has 2 fully saturated rings. The number of halogens is 2. The molecule has 2 unspecified atom stereocenters. The molecule has 210 valence electrons. The van der Waals surface area contributed by atoms with E-state index < -0.39 is 29.3 Å². The van der Waals surface area contributed by atoms with Gasteiger partial charge in [0.05, 0.1) is 29.4 Å². The van der Waals surface area contributed by atoms with Crippen LogP contribution in [0.4, 0.5) is 20.6 Å². The van der Waals surface area contributed by atoms with Crippen LogP contribution in [0.5, 0.6) is 0 Å². The minimum absolute atomic E-state index is 0.109. The van der Waals surface area contributed by atoms with Crippen molar-refractivity contribution in [3.8, 4) is 6.07 Å². The molecule has 2 aliphatic rings. The van der Waals surface area contributed by atoms with Gasteiger partial charge in [-0.1, -0.05) is 42.6 Å². The summed E-state index contributed by atoms with van der Waals surface area (Å²) in [6.07, 6.45) is 3.53. The molecule has 3 aromatic rings. The van der Waals surface area contributed by atoms with E-state index in [0.29, 0.717) is 39.7 Å². The van der Waals surface area contributed by atoms with Crippen molar-refractivity contribution in [3.63, 3.8) is 0 Å². The first-order chi connectivity index (χ1) is 19.7. The smallest absolute Gasteiger partial charge is 0.322 e. The van der Waals surface area contributed by atoms with Gasteiger partial charge in [-0.3, -0.25) is 9.59 Å². The van der Waals surface area contributed by atoms with E-state index in [1.807, 2.05) is 6.07 Å². The second kappa shape index (κ2) is 11.7. The Hall–Kier alpha value is -4.26. The van der Waals surface area contributed by atoms with Crippen molar-refractivity contribution in [2.24, 2.45) is 11.7 Å². The molecule has 1 aliphatic carbocycles. The number of likely N-dealkylation sites (tertiary alicyclic amines) is 1. The van der Waals surface area contributed by atoms with Crippen molar-refractivity contribution in [2.75, 3.05) is 17.2 Å². The maximum Gasteiger partial charge on any atom is 0.322 e. The third-order valence-electron chi connectivity index (χ3n) is 7.69. The lowest BCUT2D eigenvalue weighted by Gasteiger charge is -2.32. The fourth-order valence-electron chi connectivity index (χ4n) is 5.14. The van der Waals surface area contributed by atoms with Gasteiger partial charge in [-0.2, -0.15) is 5.26 Å². The molecule has 0 aromatic heterocycles. The molecule has 1 heterocycles. The van der Waals surface area contributed by atoms with Gasteiger partial charge in [0.15, 0.2) is 5.78 Å². The largest absolute Gasteiger partial charge is 0.322 e. The zero-order valence-corrected chi connectivity index (χ0v) is 23.0. The highest BCUT2D eigenvalue weighted by Crippen LogP contribution is 2.40. The molecular formula is C31H29ClFN5O3. The zero-order chi connectivity index (χ0) is 29.1. The number of urea groups is 1. The van der Waals surface area contributed by atoms with Crippen LogP contribution in [0.2, 0.25) is 5.02 Å². The Morgan fingerprint density at radius 2 is 1.80 bits per heavy atom. The summed E-state index contributed by atoms with van der Waals surface area (Å²) in [6.45, 7) is -0.248. The number of hydrogen-bond acceptors (Lipinski definition) is 5. The van der Waals surface area contributed by atoms with Gasteiger partial charge in [0.1, 0.15) is 11.9 Å². The van der Waals surface area contributed by atoms with Crippen molar-refractivity contribution in [3.05, 3.63) is 94.3 Å². The lowest BCUT2D eigenvalue weighted by atomic mass is 9.79. The molecule has 0 radical (unpaired) electrons. The van der Waals surface area contributed by atoms with Crippen LogP contribution in [0.1, 0.15) is 48.8 Å². The molecule has 0 spiro atoms. The lowest BCUT2D eigenvalue weighted by molar-refractivity contribution is -0.121. The van der Waals surface area contributed by atoms with Crippen LogP contribution in [0.15, 0.2) is 66.7 Å². The Morgan fingerprint density at radius 1 is 1.07 bits per heavy atom. The summed E-state index contributed by atoms with van der Waals surface area (Å²) in [4.78, 5) is 39.7. The zero-order valence-electron chi connectivity index (χ0n) is 22.2. The first kappa shape index (κ1) is 28.3. The highest BCUT2D eigenvalue weighted by molar-refractivity contribution is 6.30. The van der Waals surface area contributed by atoms with Crippen LogP contribution < -0.4 is 16.4 Å². The molecule has 2 atom stereocenters. The quantitative estimate of drug-likeness (QED) is 0.325. The minimum Gasteiger partial charge on any atom is -0.322 e. The van der Waals surface area contributed by atoms with Crippen molar-refractivity contribution < 1.29 is 18.8 Å². The standard InChI is InChI=1S/C31H29ClFN5O3/c32-23-7-9-24(10-8-23)36-30(41)38-18-25(39)16-28(38)29(40)37-27-15-22(6-11-26(27)33)31(35,13-12-19-4-5-19)21-3-1-2-20(14-21)17-34/h1-3,6-11,14-15,19,28H,4-5,12-13,16,18,35H2,(H,36,41)(H,37,40). The maximum absolute atomic E-state index is 15.0. The van der Waals surface area contributed by atoms with Crippen molar-refractivity contribution >= 4 is 40.7 Å². The van der Waals surface area contributed by atoms with Crippen LogP contribution in [-0.2, 0) is 15.1 Å². The topological polar surface area (TPSA) is 128 Å². The van der Waals surface area contributed by atoms with Crippen LogP contribution in [0, 0.1) is 23.1 Å². The molecule has 1 saturated heterocycles. The van der Waals surface area contributed by atoms with Gasteiger partial charge in [0.2, 0.25) is 5.91 Å². The number of amides is 3. The molecule has 1 saturated carbocycles. The molecule has 10 heteroatoms. The number of nitrogens with one attached hydrogen (secondary N) is 2. The van der Waals surface area contributed by atoms with Crippen LogP contribution >= 0.6 is 11.6 Å². The highest BCUT2D eigenvalue weighted by Gasteiger charge is 2.39. The summed E-state index contributed by atoms with van der Waals surface area (Å²) in [6, 6.07) is 18.1. The van der Waals surface area contributed by atoms with Gasteiger partial charge in [0.25, 0.3) is 0 Å². The SMILES string of the molecule is N#Cc1cccc(C(N)(CCC2CC2)c2ccc(F)c(NC(=O)C3CC(=O)CN3C(=O)Nc3ccc(Cl)cc3)c2)c1. The van der Waals surface area contributed by atoms with Gasteiger partial charge in [-0.15, -0.1) is 0 Å². The predicted molar refractivity (Wildman–Crippen MR) is 154 cm³/mol. The average molecular weight is 574 g/mol. The summed E-state index contributed by atoms with van der Waals surface area (Å²) >= 11 is 5.90. The van der Waals surface area contributed by atoms with Gasteiger partial charge < -0.3 is 21.3 Å². The van der Waals surface area contributed by atoms with E-state index in [1.165, 1.54) is 12.1 Å². The molecular weight excluding hydrogens is 545 g/mol. The first-order valence-corrected chi connectivity index (χ1v) is 13.8. The van der Waals surface area contributed by atoms with E-state index in [1.54, 1.807) is 48.5 Å². The Morgan fingerprint density at radius 3 is 2.51 bits per heavy atom. The molecule has 3 aromatic carbocycles. The van der Waals surface area contributed by atoms with Gasteiger partial charge in [-0.05, 0) is 78.4 Å². The Kier molecular flexibility index (Phi) is 8.06. The van der Waals surface area contributed by atoms with Crippen molar-refractivity contribution in [1.29, 1.82) is 5.26 Å². The van der Waals surface area contributed by atoms with E-state index >= 15 is 4.39 Å². The maximum atomic E-state index is 15.0. The van der Waals surface area contributed by atoms with Gasteiger partial charge in [0, 0.05) is 17.1 Å². The van der Waals surface area contributed by atoms with E-state index in [0.717, 1.165) is 24.2 Å². The molecule has 8 nitrogen and oxygen atoms in total. The predicted octanol–water partition coefficient (Wildman–Crippen LogP) is 5.56. The third kappa shape index (κ3) is 6.40.